The van der Waals surface area contributed by atoms with Crippen LogP contribution in [0.15, 0.2) is 55.1 Å². The molecule has 4 heterocycles. The molecule has 0 fully saturated rings. The molecule has 28 heavy (non-hydrogen) atoms. The molecule has 4 aromatic heterocycles. The van der Waals surface area contributed by atoms with Crippen LogP contribution in [0.5, 0.6) is 5.75 Å². The Morgan fingerprint density at radius 1 is 1.04 bits per heavy atom. The number of benzene rings is 1. The van der Waals surface area contributed by atoms with Crippen molar-refractivity contribution >= 4 is 16.7 Å². The molecule has 0 unspecified atom stereocenters. The van der Waals surface area contributed by atoms with E-state index in [4.69, 9.17) is 4.98 Å². The molecule has 5 rings (SSSR count). The van der Waals surface area contributed by atoms with E-state index in [9.17, 15) is 5.11 Å². The molecule has 7 heteroatoms. The van der Waals surface area contributed by atoms with Crippen LogP contribution in [0, 0.1) is 13.8 Å². The number of nitrogens with zero attached hydrogens (tertiary/aromatic N) is 6. The fourth-order valence-electron chi connectivity index (χ4n) is 3.57. The second-order valence-electron chi connectivity index (χ2n) is 6.82. The van der Waals surface area contributed by atoms with Crippen LogP contribution in [0.3, 0.4) is 0 Å². The molecular formula is C21H18N6O. The average Bonchev–Trinajstić information content (AvgIpc) is 3.24. The molecule has 0 aliphatic heterocycles. The Kier molecular flexibility index (Phi) is 3.61. The van der Waals surface area contributed by atoms with Crippen LogP contribution in [0.4, 0.5) is 0 Å². The molecule has 0 radical (unpaired) electrons. The van der Waals surface area contributed by atoms with E-state index in [2.05, 4.69) is 39.5 Å². The minimum atomic E-state index is 0.157. The average molecular weight is 370 g/mol. The Morgan fingerprint density at radius 3 is 2.68 bits per heavy atom. The van der Waals surface area contributed by atoms with E-state index in [1.807, 2.05) is 18.3 Å². The first-order valence-corrected chi connectivity index (χ1v) is 9.01. The number of aryl methyl sites for hydroxylation is 1. The minimum absolute atomic E-state index is 0.157. The predicted molar refractivity (Wildman–Crippen MR) is 106 cm³/mol. The second kappa shape index (κ2) is 6.16. The fourth-order valence-corrected chi connectivity index (χ4v) is 3.57. The normalized spacial score (nSPS) is 11.5. The van der Waals surface area contributed by atoms with Crippen LogP contribution in [0.25, 0.3) is 28.1 Å². The zero-order chi connectivity index (χ0) is 19.3. The zero-order valence-corrected chi connectivity index (χ0v) is 15.5. The summed E-state index contributed by atoms with van der Waals surface area (Å²) in [5.74, 6) is 0.633. The minimum Gasteiger partial charge on any atom is -0.507 e. The van der Waals surface area contributed by atoms with E-state index in [1.54, 1.807) is 35.2 Å². The number of fused-ring (bicyclic) bond motifs is 3. The number of pyridine rings is 1. The van der Waals surface area contributed by atoms with Gasteiger partial charge >= 0.3 is 0 Å². The number of para-hydroxylation sites is 1. The predicted octanol–water partition coefficient (Wildman–Crippen LogP) is 3.51. The molecule has 0 atom stereocenters. The summed E-state index contributed by atoms with van der Waals surface area (Å²) < 4.78 is 3.85. The summed E-state index contributed by atoms with van der Waals surface area (Å²) >= 11 is 0. The van der Waals surface area contributed by atoms with Crippen molar-refractivity contribution in [1.29, 1.82) is 0 Å². The molecule has 1 aromatic carbocycles. The molecule has 0 aliphatic rings. The summed E-state index contributed by atoms with van der Waals surface area (Å²) in [6.07, 6.45) is 5.31. The van der Waals surface area contributed by atoms with Gasteiger partial charge in [0.1, 0.15) is 17.7 Å². The highest BCUT2D eigenvalue weighted by Gasteiger charge is 2.19. The number of hydrogen-bond acceptors (Lipinski definition) is 5. The number of aromatic hydroxyl groups is 1. The van der Waals surface area contributed by atoms with Gasteiger partial charge in [-0.2, -0.15) is 0 Å². The van der Waals surface area contributed by atoms with Gasteiger partial charge in [0.25, 0.3) is 0 Å². The summed E-state index contributed by atoms with van der Waals surface area (Å²) in [5.41, 5.74) is 5.56. The third-order valence-electron chi connectivity index (χ3n) is 5.15. The third-order valence-corrected chi connectivity index (χ3v) is 5.15. The first kappa shape index (κ1) is 16.4. The smallest absolute Gasteiger partial charge is 0.185 e. The molecule has 1 N–H and O–H groups in total. The number of hydrogen-bond donors (Lipinski definition) is 1. The number of rotatable bonds is 3. The molecule has 138 valence electrons. The highest BCUT2D eigenvalue weighted by molar-refractivity contribution is 5.94. The summed E-state index contributed by atoms with van der Waals surface area (Å²) in [5, 5.41) is 15.6. The Labute approximate surface area is 161 Å². The maximum Gasteiger partial charge on any atom is 0.185 e. The molecule has 7 nitrogen and oxygen atoms in total. The van der Waals surface area contributed by atoms with Crippen molar-refractivity contribution in [3.63, 3.8) is 0 Å². The van der Waals surface area contributed by atoms with Gasteiger partial charge in [0.05, 0.1) is 17.5 Å². The van der Waals surface area contributed by atoms with Gasteiger partial charge in [0.15, 0.2) is 11.5 Å². The summed E-state index contributed by atoms with van der Waals surface area (Å²) in [6, 6.07) is 11.1. The second-order valence-corrected chi connectivity index (χ2v) is 6.82. The number of aromatic nitrogens is 6. The van der Waals surface area contributed by atoms with Crippen LogP contribution in [0.2, 0.25) is 0 Å². The molecule has 0 bridgehead atoms. The highest BCUT2D eigenvalue weighted by Crippen LogP contribution is 2.30. The number of phenolic OH excluding ortho intramolecular Hbond substituents is 1. The maximum atomic E-state index is 10.2. The van der Waals surface area contributed by atoms with Crippen LogP contribution in [0.1, 0.15) is 16.8 Å². The summed E-state index contributed by atoms with van der Waals surface area (Å²) in [4.78, 5) is 13.6. The van der Waals surface area contributed by atoms with Gasteiger partial charge in [-0.05, 0) is 43.2 Å². The summed E-state index contributed by atoms with van der Waals surface area (Å²) in [7, 11) is 0. The van der Waals surface area contributed by atoms with E-state index in [0.717, 1.165) is 33.5 Å². The highest BCUT2D eigenvalue weighted by atomic mass is 16.3. The van der Waals surface area contributed by atoms with Crippen molar-refractivity contribution in [2.75, 3.05) is 0 Å². The van der Waals surface area contributed by atoms with E-state index >= 15 is 0 Å². The SMILES string of the molecule is Cc1c(C)n(Cc2cccnc2)c2ncn3nc(-c4ccccc4O)nc3c12. The fraction of sp³-hybridized carbons (Fsp3) is 0.143. The quantitative estimate of drug-likeness (QED) is 0.526. The van der Waals surface area contributed by atoms with E-state index < -0.39 is 0 Å². The van der Waals surface area contributed by atoms with Crippen molar-refractivity contribution in [3.05, 3.63) is 71.9 Å². The van der Waals surface area contributed by atoms with Crippen LogP contribution in [-0.4, -0.2) is 34.2 Å². The van der Waals surface area contributed by atoms with E-state index in [1.165, 1.54) is 0 Å². The van der Waals surface area contributed by atoms with Gasteiger partial charge < -0.3 is 9.67 Å². The van der Waals surface area contributed by atoms with Crippen molar-refractivity contribution in [3.8, 4) is 17.1 Å². The van der Waals surface area contributed by atoms with Crippen molar-refractivity contribution in [1.82, 2.24) is 29.1 Å². The van der Waals surface area contributed by atoms with Crippen molar-refractivity contribution in [2.45, 2.75) is 20.4 Å². The molecule has 0 aliphatic carbocycles. The van der Waals surface area contributed by atoms with Gasteiger partial charge in [0.2, 0.25) is 0 Å². The molecule has 0 spiro atoms. The van der Waals surface area contributed by atoms with Gasteiger partial charge in [-0.1, -0.05) is 18.2 Å². The standard InChI is InChI=1S/C21H18N6O/c1-13-14(2)26(11-15-6-5-9-22-10-15)20-18(13)21-24-19(25-27(21)12-23-20)16-7-3-4-8-17(16)28/h3-10,12,28H,11H2,1-2H3. The molecular weight excluding hydrogens is 352 g/mol. The van der Waals surface area contributed by atoms with Gasteiger partial charge in [-0.25, -0.2) is 14.5 Å². The lowest BCUT2D eigenvalue weighted by Crippen LogP contribution is -2.03. The van der Waals surface area contributed by atoms with Gasteiger partial charge in [0, 0.05) is 18.1 Å². The zero-order valence-electron chi connectivity index (χ0n) is 15.5. The molecule has 0 saturated carbocycles. The van der Waals surface area contributed by atoms with Gasteiger partial charge in [-0.15, -0.1) is 5.10 Å². The van der Waals surface area contributed by atoms with E-state index in [-0.39, 0.29) is 5.75 Å². The lowest BCUT2D eigenvalue weighted by molar-refractivity contribution is 0.477. The van der Waals surface area contributed by atoms with Gasteiger partial charge in [-0.3, -0.25) is 4.98 Å². The lowest BCUT2D eigenvalue weighted by Gasteiger charge is -2.07. The topological polar surface area (TPSA) is 81.1 Å². The molecule has 5 aromatic rings. The Bertz CT molecular complexity index is 1320. The third kappa shape index (κ3) is 2.44. The monoisotopic (exact) mass is 370 g/mol. The van der Waals surface area contributed by atoms with Crippen LogP contribution >= 0.6 is 0 Å². The summed E-state index contributed by atoms with van der Waals surface area (Å²) in [6.45, 7) is 4.85. The number of phenols is 1. The van der Waals surface area contributed by atoms with Crippen molar-refractivity contribution < 1.29 is 5.11 Å². The Morgan fingerprint density at radius 2 is 1.89 bits per heavy atom. The van der Waals surface area contributed by atoms with Crippen LogP contribution < -0.4 is 0 Å². The van der Waals surface area contributed by atoms with Crippen LogP contribution in [-0.2, 0) is 6.54 Å². The first-order chi connectivity index (χ1) is 13.6. The first-order valence-electron chi connectivity index (χ1n) is 9.01. The lowest BCUT2D eigenvalue weighted by atomic mass is 10.2. The Hall–Kier alpha value is -3.74. The van der Waals surface area contributed by atoms with E-state index in [0.29, 0.717) is 17.9 Å². The largest absolute Gasteiger partial charge is 0.507 e. The van der Waals surface area contributed by atoms with Crippen molar-refractivity contribution in [2.24, 2.45) is 0 Å². The molecule has 0 amide bonds. The Balaban J connectivity index is 1.72. The molecule has 0 saturated heterocycles. The maximum absolute atomic E-state index is 10.2.